The van der Waals surface area contributed by atoms with E-state index in [4.69, 9.17) is 16.3 Å². The molecule has 0 unspecified atom stereocenters. The second kappa shape index (κ2) is 8.10. The van der Waals surface area contributed by atoms with Gasteiger partial charge in [-0.2, -0.15) is 0 Å². The number of anilines is 2. The zero-order valence-corrected chi connectivity index (χ0v) is 16.5. The van der Waals surface area contributed by atoms with E-state index in [2.05, 4.69) is 21.2 Å². The molecule has 26 heavy (non-hydrogen) atoms. The Balaban J connectivity index is 1.67. The quantitative estimate of drug-likeness (QED) is 0.749. The largest absolute Gasteiger partial charge is 0.494 e. The molecule has 1 saturated heterocycles. The van der Waals surface area contributed by atoms with Crippen LogP contribution in [0.5, 0.6) is 5.75 Å². The van der Waals surface area contributed by atoms with Crippen molar-refractivity contribution in [3.63, 3.8) is 0 Å². The Hall–Kier alpha value is -2.05. The van der Waals surface area contributed by atoms with E-state index in [9.17, 15) is 9.59 Å². The molecule has 7 heteroatoms. The normalized spacial score (nSPS) is 16.7. The highest BCUT2D eigenvalue weighted by atomic mass is 79.9. The van der Waals surface area contributed by atoms with E-state index >= 15 is 0 Å². The summed E-state index contributed by atoms with van der Waals surface area (Å²) in [4.78, 5) is 26.5. The van der Waals surface area contributed by atoms with E-state index in [1.807, 2.05) is 31.2 Å². The minimum atomic E-state index is -0.422. The first kappa shape index (κ1) is 18.7. The molecule has 1 heterocycles. The van der Waals surface area contributed by atoms with Gasteiger partial charge in [-0.05, 0) is 49.4 Å². The third-order valence-electron chi connectivity index (χ3n) is 4.14. The first-order valence-electron chi connectivity index (χ1n) is 8.27. The molecule has 1 aliphatic heterocycles. The van der Waals surface area contributed by atoms with E-state index in [1.165, 1.54) is 0 Å². The minimum absolute atomic E-state index is 0.0730. The summed E-state index contributed by atoms with van der Waals surface area (Å²) in [6.45, 7) is 2.84. The van der Waals surface area contributed by atoms with Gasteiger partial charge in [-0.3, -0.25) is 9.59 Å². The lowest BCUT2D eigenvalue weighted by molar-refractivity contribution is -0.122. The molecule has 1 atom stereocenters. The maximum Gasteiger partial charge on any atom is 0.229 e. The van der Waals surface area contributed by atoms with Gasteiger partial charge in [0.15, 0.2) is 0 Å². The van der Waals surface area contributed by atoms with Crippen LogP contribution in [0.25, 0.3) is 0 Å². The average molecular weight is 438 g/mol. The monoisotopic (exact) mass is 436 g/mol. The molecule has 0 bridgehead atoms. The Kier molecular flexibility index (Phi) is 5.84. The van der Waals surface area contributed by atoms with Gasteiger partial charge in [-0.15, -0.1) is 0 Å². The molecule has 3 rings (SSSR count). The highest BCUT2D eigenvalue weighted by Crippen LogP contribution is 2.30. The van der Waals surface area contributed by atoms with Crippen LogP contribution in [0.15, 0.2) is 46.9 Å². The molecule has 0 radical (unpaired) electrons. The van der Waals surface area contributed by atoms with Crippen molar-refractivity contribution >= 4 is 50.7 Å². The Morgan fingerprint density at radius 2 is 2.04 bits per heavy atom. The van der Waals surface area contributed by atoms with Gasteiger partial charge in [0.25, 0.3) is 0 Å². The van der Waals surface area contributed by atoms with Crippen LogP contribution < -0.4 is 15.0 Å². The van der Waals surface area contributed by atoms with Crippen molar-refractivity contribution in [2.75, 3.05) is 23.4 Å². The van der Waals surface area contributed by atoms with Gasteiger partial charge in [0.05, 0.1) is 23.2 Å². The smallest absolute Gasteiger partial charge is 0.229 e. The maximum atomic E-state index is 12.5. The van der Waals surface area contributed by atoms with Crippen molar-refractivity contribution in [1.82, 2.24) is 0 Å². The number of hydrogen-bond acceptors (Lipinski definition) is 3. The van der Waals surface area contributed by atoms with Crippen molar-refractivity contribution in [3.8, 4) is 5.75 Å². The summed E-state index contributed by atoms with van der Waals surface area (Å²) >= 11 is 9.47. The number of ether oxygens (including phenoxy) is 1. The van der Waals surface area contributed by atoms with Gasteiger partial charge in [0.2, 0.25) is 11.8 Å². The highest BCUT2D eigenvalue weighted by Gasteiger charge is 2.35. The summed E-state index contributed by atoms with van der Waals surface area (Å²) in [5.41, 5.74) is 1.29. The third-order valence-corrected chi connectivity index (χ3v) is 4.95. The predicted octanol–water partition coefficient (Wildman–Crippen LogP) is 4.49. The molecular formula is C19H18BrClN2O3. The summed E-state index contributed by atoms with van der Waals surface area (Å²) in [7, 11) is 0. The number of hydrogen-bond donors (Lipinski definition) is 1. The van der Waals surface area contributed by atoms with Crippen molar-refractivity contribution in [2.45, 2.75) is 13.3 Å². The first-order chi connectivity index (χ1) is 12.5. The van der Waals surface area contributed by atoms with E-state index in [0.717, 1.165) is 15.9 Å². The second-order valence-corrected chi connectivity index (χ2v) is 7.27. The molecule has 136 valence electrons. The molecule has 0 aromatic heterocycles. The predicted molar refractivity (Wildman–Crippen MR) is 106 cm³/mol. The molecule has 5 nitrogen and oxygen atoms in total. The topological polar surface area (TPSA) is 58.6 Å². The fourth-order valence-corrected chi connectivity index (χ4v) is 3.57. The SMILES string of the molecule is CCOc1ccc(N2C[C@@H](C(=O)Nc3ccc(Br)cc3Cl)CC2=O)cc1. The van der Waals surface area contributed by atoms with Crippen LogP contribution in [0.2, 0.25) is 5.02 Å². The lowest BCUT2D eigenvalue weighted by atomic mass is 10.1. The van der Waals surface area contributed by atoms with Crippen LogP contribution >= 0.6 is 27.5 Å². The van der Waals surface area contributed by atoms with Gasteiger partial charge in [-0.1, -0.05) is 27.5 Å². The van der Waals surface area contributed by atoms with Crippen molar-refractivity contribution < 1.29 is 14.3 Å². The number of nitrogens with one attached hydrogen (secondary N) is 1. The summed E-state index contributed by atoms with van der Waals surface area (Å²) in [5, 5.41) is 3.25. The Morgan fingerprint density at radius 1 is 1.31 bits per heavy atom. The molecule has 0 aliphatic carbocycles. The summed E-state index contributed by atoms with van der Waals surface area (Å²) in [6, 6.07) is 12.5. The van der Waals surface area contributed by atoms with E-state index in [1.54, 1.807) is 23.1 Å². The number of benzene rings is 2. The fraction of sp³-hybridized carbons (Fsp3) is 0.263. The second-order valence-electron chi connectivity index (χ2n) is 5.95. The average Bonchev–Trinajstić information content (AvgIpc) is 3.00. The standard InChI is InChI=1S/C19H18BrClN2O3/c1-2-26-15-6-4-14(5-7-15)23-11-12(9-18(23)24)19(25)22-17-8-3-13(20)10-16(17)21/h3-8,10,12H,2,9,11H2,1H3,(H,22,25)/t12-/m0/s1. The molecular weight excluding hydrogens is 420 g/mol. The maximum absolute atomic E-state index is 12.5. The molecule has 2 aromatic rings. The van der Waals surface area contributed by atoms with Crippen LogP contribution in [0, 0.1) is 5.92 Å². The first-order valence-corrected chi connectivity index (χ1v) is 9.44. The van der Waals surface area contributed by atoms with Gasteiger partial charge >= 0.3 is 0 Å². The number of amides is 2. The van der Waals surface area contributed by atoms with E-state index in [-0.39, 0.29) is 18.2 Å². The number of halogens is 2. The summed E-state index contributed by atoms with van der Waals surface area (Å²) in [5.74, 6) is 0.0445. The molecule has 2 aromatic carbocycles. The van der Waals surface area contributed by atoms with Crippen LogP contribution in [-0.2, 0) is 9.59 Å². The molecule has 0 saturated carbocycles. The van der Waals surface area contributed by atoms with Gasteiger partial charge in [0, 0.05) is 23.1 Å². The van der Waals surface area contributed by atoms with E-state index in [0.29, 0.717) is 23.9 Å². The van der Waals surface area contributed by atoms with Crippen LogP contribution in [0.3, 0.4) is 0 Å². The van der Waals surface area contributed by atoms with Crippen LogP contribution in [0.1, 0.15) is 13.3 Å². The van der Waals surface area contributed by atoms with Crippen molar-refractivity contribution in [1.29, 1.82) is 0 Å². The van der Waals surface area contributed by atoms with Gasteiger partial charge < -0.3 is 15.0 Å². The van der Waals surface area contributed by atoms with Crippen molar-refractivity contribution in [3.05, 3.63) is 52.0 Å². The van der Waals surface area contributed by atoms with Crippen molar-refractivity contribution in [2.24, 2.45) is 5.92 Å². The van der Waals surface area contributed by atoms with Gasteiger partial charge in [-0.25, -0.2) is 0 Å². The number of rotatable bonds is 5. The minimum Gasteiger partial charge on any atom is -0.494 e. The summed E-state index contributed by atoms with van der Waals surface area (Å²) in [6.07, 6.45) is 0.174. The zero-order chi connectivity index (χ0) is 18.7. The molecule has 1 fully saturated rings. The number of carbonyl (C=O) groups is 2. The van der Waals surface area contributed by atoms with Crippen LogP contribution in [0.4, 0.5) is 11.4 Å². The zero-order valence-electron chi connectivity index (χ0n) is 14.2. The fourth-order valence-electron chi connectivity index (χ4n) is 2.85. The Morgan fingerprint density at radius 3 is 2.69 bits per heavy atom. The molecule has 1 N–H and O–H groups in total. The molecule has 1 aliphatic rings. The number of carbonyl (C=O) groups excluding carboxylic acids is 2. The number of nitrogens with zero attached hydrogens (tertiary/aromatic N) is 1. The van der Waals surface area contributed by atoms with Gasteiger partial charge in [0.1, 0.15) is 5.75 Å². The molecule has 2 amide bonds. The van der Waals surface area contributed by atoms with Crippen LogP contribution in [-0.4, -0.2) is 25.0 Å². The highest BCUT2D eigenvalue weighted by molar-refractivity contribution is 9.10. The third kappa shape index (κ3) is 4.19. The summed E-state index contributed by atoms with van der Waals surface area (Å²) < 4.78 is 6.24. The lowest BCUT2D eigenvalue weighted by Gasteiger charge is -2.17. The Bertz CT molecular complexity index is 826. The lowest BCUT2D eigenvalue weighted by Crippen LogP contribution is -2.28. The molecule has 0 spiro atoms. The Labute approximate surface area is 165 Å². The van der Waals surface area contributed by atoms with E-state index < -0.39 is 5.92 Å².